The summed E-state index contributed by atoms with van der Waals surface area (Å²) in [5.74, 6) is 2.72. The summed E-state index contributed by atoms with van der Waals surface area (Å²) in [6, 6.07) is 8.02. The van der Waals surface area contributed by atoms with Gasteiger partial charge in [-0.1, -0.05) is 6.07 Å². The van der Waals surface area contributed by atoms with Gasteiger partial charge in [0, 0.05) is 64.4 Å². The van der Waals surface area contributed by atoms with Gasteiger partial charge in [0.25, 0.3) is 0 Å². The van der Waals surface area contributed by atoms with Gasteiger partial charge in [-0.25, -0.2) is 9.97 Å². The lowest BCUT2D eigenvalue weighted by atomic mass is 10.3. The minimum Gasteiger partial charge on any atom is -0.385 e. The Labute approximate surface area is 149 Å². The van der Waals surface area contributed by atoms with Gasteiger partial charge >= 0.3 is 0 Å². The number of nitrogens with zero attached hydrogens (tertiary/aromatic N) is 5. The molecule has 2 aromatic heterocycles. The van der Waals surface area contributed by atoms with Crippen molar-refractivity contribution in [1.29, 1.82) is 0 Å². The normalized spacial score (nSPS) is 14.6. The monoisotopic (exact) mass is 342 g/mol. The van der Waals surface area contributed by atoms with Gasteiger partial charge in [0.05, 0.1) is 0 Å². The average molecular weight is 342 g/mol. The van der Waals surface area contributed by atoms with Crippen LogP contribution >= 0.6 is 0 Å². The number of nitrogens with one attached hydrogen (secondary N) is 1. The van der Waals surface area contributed by atoms with Crippen LogP contribution in [0.5, 0.6) is 0 Å². The third-order valence-electron chi connectivity index (χ3n) is 4.21. The number of hydrogen-bond donors (Lipinski definition) is 1. The van der Waals surface area contributed by atoms with Gasteiger partial charge in [-0.2, -0.15) is 4.98 Å². The van der Waals surface area contributed by atoms with Gasteiger partial charge in [0.1, 0.15) is 11.6 Å². The predicted molar refractivity (Wildman–Crippen MR) is 100 cm³/mol. The van der Waals surface area contributed by atoms with E-state index in [1.807, 2.05) is 31.3 Å². The van der Waals surface area contributed by atoms with Crippen molar-refractivity contribution < 1.29 is 4.74 Å². The first-order valence-corrected chi connectivity index (χ1v) is 8.75. The number of ether oxygens (including phenoxy) is 1. The van der Waals surface area contributed by atoms with Crippen molar-refractivity contribution in [1.82, 2.24) is 15.0 Å². The Morgan fingerprint density at radius 3 is 2.64 bits per heavy atom. The molecule has 7 heteroatoms. The average Bonchev–Trinajstić information content (AvgIpc) is 2.66. The molecule has 1 saturated heterocycles. The first-order valence-electron chi connectivity index (χ1n) is 8.75. The maximum absolute atomic E-state index is 5.08. The number of piperazine rings is 1. The van der Waals surface area contributed by atoms with Crippen molar-refractivity contribution in [2.45, 2.75) is 13.3 Å². The third-order valence-corrected chi connectivity index (χ3v) is 4.21. The number of hydrogen-bond acceptors (Lipinski definition) is 7. The topological polar surface area (TPSA) is 66.4 Å². The van der Waals surface area contributed by atoms with Crippen molar-refractivity contribution in [3.63, 3.8) is 0 Å². The lowest BCUT2D eigenvalue weighted by molar-refractivity contribution is 0.198. The number of methoxy groups -OCH3 is 1. The molecular formula is C18H26N6O. The maximum Gasteiger partial charge on any atom is 0.227 e. The first kappa shape index (κ1) is 17.4. The molecule has 3 heterocycles. The van der Waals surface area contributed by atoms with Gasteiger partial charge in [-0.05, 0) is 25.5 Å². The predicted octanol–water partition coefficient (Wildman–Crippen LogP) is 1.96. The van der Waals surface area contributed by atoms with E-state index in [1.165, 1.54) is 0 Å². The van der Waals surface area contributed by atoms with E-state index in [0.717, 1.165) is 69.0 Å². The van der Waals surface area contributed by atoms with Crippen LogP contribution in [0.25, 0.3) is 0 Å². The van der Waals surface area contributed by atoms with Gasteiger partial charge in [0.15, 0.2) is 0 Å². The fourth-order valence-electron chi connectivity index (χ4n) is 2.89. The number of anilines is 3. The molecule has 0 amide bonds. The van der Waals surface area contributed by atoms with Gasteiger partial charge in [0.2, 0.25) is 5.95 Å². The molecule has 7 nitrogen and oxygen atoms in total. The lowest BCUT2D eigenvalue weighted by Gasteiger charge is -2.35. The number of aromatic nitrogens is 3. The van der Waals surface area contributed by atoms with Crippen LogP contribution in [0.1, 0.15) is 12.1 Å². The van der Waals surface area contributed by atoms with E-state index >= 15 is 0 Å². The Morgan fingerprint density at radius 1 is 1.12 bits per heavy atom. The highest BCUT2D eigenvalue weighted by Gasteiger charge is 2.20. The molecule has 0 bridgehead atoms. The zero-order valence-electron chi connectivity index (χ0n) is 15.0. The third kappa shape index (κ3) is 4.79. The van der Waals surface area contributed by atoms with Crippen LogP contribution in [-0.2, 0) is 4.74 Å². The summed E-state index contributed by atoms with van der Waals surface area (Å²) in [6.07, 6.45) is 2.80. The van der Waals surface area contributed by atoms with Crippen LogP contribution in [0.4, 0.5) is 17.6 Å². The zero-order chi connectivity index (χ0) is 17.5. The van der Waals surface area contributed by atoms with Crippen molar-refractivity contribution in [2.24, 2.45) is 0 Å². The van der Waals surface area contributed by atoms with Crippen LogP contribution in [0.15, 0.2) is 30.5 Å². The van der Waals surface area contributed by atoms with Crippen LogP contribution in [-0.4, -0.2) is 61.4 Å². The highest BCUT2D eigenvalue weighted by atomic mass is 16.5. The molecule has 25 heavy (non-hydrogen) atoms. The summed E-state index contributed by atoms with van der Waals surface area (Å²) in [6.45, 7) is 7.23. The fraction of sp³-hybridized carbons (Fsp3) is 0.500. The van der Waals surface area contributed by atoms with E-state index in [9.17, 15) is 0 Å². The van der Waals surface area contributed by atoms with Crippen LogP contribution in [0.3, 0.4) is 0 Å². The lowest BCUT2D eigenvalue weighted by Crippen LogP contribution is -2.47. The SMILES string of the molecule is COCCCNc1cc(C)nc(N2CCN(c3ccccn3)CC2)n1. The maximum atomic E-state index is 5.08. The summed E-state index contributed by atoms with van der Waals surface area (Å²) in [5, 5.41) is 3.36. The second-order valence-corrected chi connectivity index (χ2v) is 6.13. The summed E-state index contributed by atoms with van der Waals surface area (Å²) < 4.78 is 5.08. The van der Waals surface area contributed by atoms with Crippen molar-refractivity contribution in [2.75, 3.05) is 61.6 Å². The molecule has 0 unspecified atom stereocenters. The standard InChI is InChI=1S/C18H26N6O/c1-15-14-16(19-8-5-13-25-2)22-18(21-15)24-11-9-23(10-12-24)17-6-3-4-7-20-17/h3-4,6-7,14H,5,8-13H2,1-2H3,(H,19,21,22). The second kappa shape index (κ2) is 8.62. The highest BCUT2D eigenvalue weighted by Crippen LogP contribution is 2.18. The quantitative estimate of drug-likeness (QED) is 0.772. The van der Waals surface area contributed by atoms with Gasteiger partial charge < -0.3 is 19.9 Å². The highest BCUT2D eigenvalue weighted by molar-refractivity contribution is 5.46. The fourth-order valence-corrected chi connectivity index (χ4v) is 2.89. The Bertz CT molecular complexity index is 658. The summed E-state index contributed by atoms with van der Waals surface area (Å²) >= 11 is 0. The molecule has 134 valence electrons. The van der Waals surface area contributed by atoms with E-state index < -0.39 is 0 Å². The molecular weight excluding hydrogens is 316 g/mol. The largest absolute Gasteiger partial charge is 0.385 e. The Hall–Kier alpha value is -2.41. The smallest absolute Gasteiger partial charge is 0.227 e. The minimum atomic E-state index is 0.749. The molecule has 0 atom stereocenters. The molecule has 3 rings (SSSR count). The van der Waals surface area contributed by atoms with E-state index in [4.69, 9.17) is 4.74 Å². The minimum absolute atomic E-state index is 0.749. The molecule has 1 aliphatic heterocycles. The Kier molecular flexibility index (Phi) is 6.00. The summed E-state index contributed by atoms with van der Waals surface area (Å²) in [7, 11) is 1.72. The number of pyridine rings is 1. The zero-order valence-corrected chi connectivity index (χ0v) is 15.0. The van der Waals surface area contributed by atoms with Crippen LogP contribution < -0.4 is 15.1 Å². The molecule has 0 aliphatic carbocycles. The molecule has 1 N–H and O–H groups in total. The van der Waals surface area contributed by atoms with Gasteiger partial charge in [-0.15, -0.1) is 0 Å². The molecule has 1 aliphatic rings. The van der Waals surface area contributed by atoms with Gasteiger partial charge in [-0.3, -0.25) is 0 Å². The molecule has 0 spiro atoms. The molecule has 0 radical (unpaired) electrons. The van der Waals surface area contributed by atoms with Crippen LogP contribution in [0, 0.1) is 6.92 Å². The molecule has 0 saturated carbocycles. The van der Waals surface area contributed by atoms with E-state index in [1.54, 1.807) is 7.11 Å². The molecule has 0 aromatic carbocycles. The first-order chi connectivity index (χ1) is 12.3. The summed E-state index contributed by atoms with van der Waals surface area (Å²) in [5.41, 5.74) is 0.978. The van der Waals surface area contributed by atoms with E-state index in [2.05, 4.69) is 36.1 Å². The summed E-state index contributed by atoms with van der Waals surface area (Å²) in [4.78, 5) is 18.3. The molecule has 2 aromatic rings. The van der Waals surface area contributed by atoms with E-state index in [-0.39, 0.29) is 0 Å². The second-order valence-electron chi connectivity index (χ2n) is 6.13. The Morgan fingerprint density at radius 2 is 1.92 bits per heavy atom. The van der Waals surface area contributed by atoms with Crippen LogP contribution in [0.2, 0.25) is 0 Å². The molecule has 1 fully saturated rings. The Balaban J connectivity index is 1.60. The number of rotatable bonds is 7. The van der Waals surface area contributed by atoms with E-state index in [0.29, 0.717) is 0 Å². The van der Waals surface area contributed by atoms with Crippen molar-refractivity contribution in [3.8, 4) is 0 Å². The van der Waals surface area contributed by atoms with Crippen molar-refractivity contribution in [3.05, 3.63) is 36.2 Å². The number of aryl methyl sites for hydroxylation is 1. The van der Waals surface area contributed by atoms with Crippen molar-refractivity contribution >= 4 is 17.6 Å².